The van der Waals surface area contributed by atoms with Crippen LogP contribution in [0.15, 0.2) is 30.0 Å². The molecule has 12 heteroatoms. The van der Waals surface area contributed by atoms with Gasteiger partial charge in [-0.1, -0.05) is 20.8 Å². The number of carbonyl (C=O) groups is 3. The monoisotopic (exact) mass is 550 g/mol. The zero-order valence-corrected chi connectivity index (χ0v) is 23.1. The maximum atomic E-state index is 13.8. The predicted molar refractivity (Wildman–Crippen MR) is 131 cm³/mol. The molecule has 2 fully saturated rings. The minimum atomic E-state index is -4.88. The summed E-state index contributed by atoms with van der Waals surface area (Å²) in [6, 6.07) is 4.16. The lowest BCUT2D eigenvalue weighted by atomic mass is 9.70. The molecule has 4 rings (SSSR count). The van der Waals surface area contributed by atoms with E-state index in [9.17, 15) is 27.6 Å². The van der Waals surface area contributed by atoms with E-state index in [0.29, 0.717) is 16.7 Å². The number of alkyl halides is 3. The molecule has 2 bridgehead atoms. The van der Waals surface area contributed by atoms with Crippen LogP contribution in [0.4, 0.5) is 18.9 Å². The lowest BCUT2D eigenvalue weighted by molar-refractivity contribution is -0.149. The molecule has 0 saturated carbocycles. The fraction of sp³-hybridized carbons (Fsp3) is 0.538. The van der Waals surface area contributed by atoms with Gasteiger partial charge < -0.3 is 13.9 Å². The van der Waals surface area contributed by atoms with Gasteiger partial charge in [-0.3, -0.25) is 14.4 Å². The Balaban J connectivity index is 1.83. The Morgan fingerprint density at radius 1 is 1.18 bits per heavy atom. The fourth-order valence-corrected chi connectivity index (χ4v) is 6.36. The van der Waals surface area contributed by atoms with E-state index in [-0.39, 0.29) is 10.7 Å². The van der Waals surface area contributed by atoms with E-state index in [1.807, 2.05) is 33.9 Å². The molecule has 3 aliphatic heterocycles. The molecule has 0 aliphatic carbocycles. The number of methoxy groups -OCH3 is 1. The second kappa shape index (κ2) is 8.41. The van der Waals surface area contributed by atoms with E-state index in [2.05, 4.69) is 0 Å². The number of hydrogen-bond donors (Lipinski definition) is 0. The highest BCUT2D eigenvalue weighted by Gasteiger charge is 2.76. The van der Waals surface area contributed by atoms with Crippen LogP contribution in [0.5, 0.6) is 0 Å². The molecule has 0 spiro atoms. The minimum Gasteiger partial charge on any atom is -0.544 e. The molecule has 1 aromatic carbocycles. The van der Waals surface area contributed by atoms with Gasteiger partial charge in [0.15, 0.2) is 0 Å². The smallest absolute Gasteiger partial charge is 0.417 e. The Hall–Kier alpha value is -3.17. The van der Waals surface area contributed by atoms with Gasteiger partial charge >= 0.3 is 12.1 Å². The maximum absolute atomic E-state index is 13.8. The summed E-state index contributed by atoms with van der Waals surface area (Å²) in [5.41, 5.74) is -5.22. The lowest BCUT2D eigenvalue weighted by Gasteiger charge is -2.41. The van der Waals surface area contributed by atoms with Crippen LogP contribution in [0.2, 0.25) is 18.1 Å². The molecule has 0 aromatic heterocycles. The van der Waals surface area contributed by atoms with Crippen LogP contribution in [0.3, 0.4) is 0 Å². The Labute approximate surface area is 219 Å². The number of halogens is 3. The van der Waals surface area contributed by atoms with Crippen molar-refractivity contribution in [3.63, 3.8) is 0 Å². The molecule has 38 heavy (non-hydrogen) atoms. The number of nitrogens with zero attached hydrogens (tertiary/aromatic N) is 2. The number of rotatable bonds is 5. The lowest BCUT2D eigenvalue weighted by Crippen LogP contribution is -2.47. The van der Waals surface area contributed by atoms with Gasteiger partial charge in [0, 0.05) is 0 Å². The highest BCUT2D eigenvalue weighted by Crippen LogP contribution is 2.62. The highest BCUT2D eigenvalue weighted by atomic mass is 28.4. The van der Waals surface area contributed by atoms with E-state index in [0.717, 1.165) is 12.1 Å². The van der Waals surface area contributed by atoms with E-state index < -0.39 is 72.9 Å². The maximum Gasteiger partial charge on any atom is 0.417 e. The fourth-order valence-electron chi connectivity index (χ4n) is 5.24. The van der Waals surface area contributed by atoms with Gasteiger partial charge in [0.05, 0.1) is 48.2 Å². The van der Waals surface area contributed by atoms with E-state index in [4.69, 9.17) is 19.2 Å². The number of amides is 2. The van der Waals surface area contributed by atoms with Crippen LogP contribution in [0.1, 0.15) is 45.2 Å². The van der Waals surface area contributed by atoms with Crippen molar-refractivity contribution in [2.75, 3.05) is 12.0 Å². The van der Waals surface area contributed by atoms with Crippen LogP contribution < -0.4 is 4.90 Å². The molecule has 2 amide bonds. The van der Waals surface area contributed by atoms with Gasteiger partial charge in [-0.05, 0) is 49.3 Å². The molecule has 3 heterocycles. The van der Waals surface area contributed by atoms with Crippen molar-refractivity contribution in [1.82, 2.24) is 0 Å². The number of fused-ring (bicyclic) bond motifs is 5. The van der Waals surface area contributed by atoms with Crippen molar-refractivity contribution >= 4 is 31.8 Å². The summed E-state index contributed by atoms with van der Waals surface area (Å²) in [6.07, 6.45) is -3.70. The molecular weight excluding hydrogens is 521 g/mol. The summed E-state index contributed by atoms with van der Waals surface area (Å²) in [7, 11) is -1.29. The second-order valence-corrected chi connectivity index (χ2v) is 16.3. The van der Waals surface area contributed by atoms with Gasteiger partial charge in [-0.25, -0.2) is 4.90 Å². The summed E-state index contributed by atoms with van der Waals surface area (Å²) in [5.74, 6) is -4.25. The number of hydrogen-bond acceptors (Lipinski definition) is 7. The molecule has 204 valence electrons. The van der Waals surface area contributed by atoms with Gasteiger partial charge in [0.25, 0.3) is 0 Å². The minimum absolute atomic E-state index is 0.223. The van der Waals surface area contributed by atoms with Crippen LogP contribution in [0, 0.1) is 23.2 Å². The Morgan fingerprint density at radius 3 is 2.32 bits per heavy atom. The summed E-state index contributed by atoms with van der Waals surface area (Å²) in [5, 5.41) is 8.91. The standard InChI is InChI=1S/C26H29F3N2O6Si/c1-23(2,3)38(6,7)36-17-11-25(12-18(32)35-5)20-19(24(17,4)37-25)21(33)31(22(20)34)15-9-8-14(13-30)16(10-15)26(27,28)29/h8-11,19-20H,12H2,1-7H3/t19-,20+,24-,25-/m1/s1. The number of benzene rings is 1. The average Bonchev–Trinajstić information content (AvgIpc) is 3.33. The van der Waals surface area contributed by atoms with Crippen LogP contribution in [0.25, 0.3) is 0 Å². The molecule has 1 aromatic rings. The van der Waals surface area contributed by atoms with Crippen LogP contribution in [-0.4, -0.2) is 44.4 Å². The molecule has 8 nitrogen and oxygen atoms in total. The number of anilines is 1. The number of esters is 1. The highest BCUT2D eigenvalue weighted by molar-refractivity contribution is 6.74. The predicted octanol–water partition coefficient (Wildman–Crippen LogP) is 4.69. The van der Waals surface area contributed by atoms with Gasteiger partial charge in [-0.2, -0.15) is 18.4 Å². The molecule has 2 saturated heterocycles. The number of imide groups is 1. The van der Waals surface area contributed by atoms with Crippen LogP contribution >= 0.6 is 0 Å². The van der Waals surface area contributed by atoms with Crippen molar-refractivity contribution in [2.45, 2.75) is 69.6 Å². The Bertz CT molecular complexity index is 1310. The largest absolute Gasteiger partial charge is 0.544 e. The van der Waals surface area contributed by atoms with Gasteiger partial charge in [0.2, 0.25) is 20.1 Å². The molecule has 4 atom stereocenters. The molecule has 0 radical (unpaired) electrons. The van der Waals surface area contributed by atoms with Crippen molar-refractivity contribution in [2.24, 2.45) is 11.8 Å². The first-order chi connectivity index (χ1) is 17.3. The SMILES string of the molecule is COC(=O)C[C@@]12C=C(O[Si](C)(C)C(C)(C)C)[C@@](C)(O1)[C@H]1C(=O)N(c3ccc(C#N)c(C(F)(F)F)c3)C(=O)[C@H]12. The summed E-state index contributed by atoms with van der Waals surface area (Å²) in [6.45, 7) is 11.7. The molecule has 0 N–H and O–H groups in total. The van der Waals surface area contributed by atoms with Crippen molar-refractivity contribution < 1.29 is 41.5 Å². The normalized spacial score (nSPS) is 28.8. The third-order valence-electron chi connectivity index (χ3n) is 8.20. The molecule has 0 unspecified atom stereocenters. The van der Waals surface area contributed by atoms with E-state index in [1.165, 1.54) is 13.2 Å². The first-order valence-electron chi connectivity index (χ1n) is 12.0. The zero-order valence-electron chi connectivity index (χ0n) is 22.1. The Morgan fingerprint density at radius 2 is 1.79 bits per heavy atom. The second-order valence-electron chi connectivity index (χ2n) is 11.6. The van der Waals surface area contributed by atoms with Gasteiger partial charge in [-0.15, -0.1) is 0 Å². The van der Waals surface area contributed by atoms with Crippen molar-refractivity contribution in [1.29, 1.82) is 5.26 Å². The third-order valence-corrected chi connectivity index (χ3v) is 12.5. The quantitative estimate of drug-likeness (QED) is 0.297. The van der Waals surface area contributed by atoms with Crippen molar-refractivity contribution in [3.05, 3.63) is 41.2 Å². The van der Waals surface area contributed by atoms with E-state index >= 15 is 0 Å². The van der Waals surface area contributed by atoms with Crippen LogP contribution in [-0.2, 0) is 34.5 Å². The molecular formula is C26H29F3N2O6Si. The molecule has 3 aliphatic rings. The average molecular weight is 551 g/mol. The summed E-state index contributed by atoms with van der Waals surface area (Å²) in [4.78, 5) is 40.7. The number of carbonyl (C=O) groups excluding carboxylic acids is 3. The summed E-state index contributed by atoms with van der Waals surface area (Å²) < 4.78 is 58.6. The van der Waals surface area contributed by atoms with Gasteiger partial charge in [0.1, 0.15) is 17.0 Å². The van der Waals surface area contributed by atoms with Crippen molar-refractivity contribution in [3.8, 4) is 6.07 Å². The third kappa shape index (κ3) is 3.94. The summed E-state index contributed by atoms with van der Waals surface area (Å²) >= 11 is 0. The van der Waals surface area contributed by atoms with E-state index in [1.54, 1.807) is 13.0 Å². The topological polar surface area (TPSA) is 106 Å². The number of ether oxygens (including phenoxy) is 2. The first-order valence-corrected chi connectivity index (χ1v) is 14.9. The zero-order chi connectivity index (χ0) is 28.6. The Kier molecular flexibility index (Phi) is 6.17. The first kappa shape index (κ1) is 27.9. The number of nitriles is 1.